The van der Waals surface area contributed by atoms with E-state index in [2.05, 4.69) is 0 Å². The van der Waals surface area contributed by atoms with Crippen molar-refractivity contribution in [2.75, 3.05) is 6.61 Å². The van der Waals surface area contributed by atoms with E-state index >= 15 is 0 Å². The van der Waals surface area contributed by atoms with E-state index in [0.29, 0.717) is 41.7 Å². The Kier molecular flexibility index (Phi) is 6.34. The Balaban J connectivity index is 1.70. The molecule has 0 saturated heterocycles. The van der Waals surface area contributed by atoms with Crippen LogP contribution in [0.1, 0.15) is 21.5 Å². The smallest absolute Gasteiger partial charge is 0.248 e. The fourth-order valence-corrected chi connectivity index (χ4v) is 2.81. The van der Waals surface area contributed by atoms with Gasteiger partial charge in [-0.2, -0.15) is 0 Å². The lowest BCUT2D eigenvalue weighted by Crippen LogP contribution is -2.12. The minimum absolute atomic E-state index is 0.375. The highest BCUT2D eigenvalue weighted by Crippen LogP contribution is 2.29. The Labute approximate surface area is 163 Å². The number of primary amides is 1. The van der Waals surface area contributed by atoms with E-state index in [9.17, 15) is 4.79 Å². The minimum atomic E-state index is -0.510. The van der Waals surface area contributed by atoms with E-state index in [1.54, 1.807) is 18.2 Å². The topological polar surface area (TPSA) is 61.6 Å². The molecule has 27 heavy (non-hydrogen) atoms. The maximum atomic E-state index is 11.5. The summed E-state index contributed by atoms with van der Waals surface area (Å²) in [6, 6.07) is 22.4. The summed E-state index contributed by atoms with van der Waals surface area (Å²) < 4.78 is 11.8. The van der Waals surface area contributed by atoms with Crippen LogP contribution in [0.2, 0.25) is 5.02 Å². The van der Waals surface area contributed by atoms with Crippen LogP contribution in [0.4, 0.5) is 0 Å². The molecule has 0 unspecified atom stereocenters. The summed E-state index contributed by atoms with van der Waals surface area (Å²) in [5, 5.41) is 0.690. The van der Waals surface area contributed by atoms with Crippen molar-refractivity contribution in [3.05, 3.63) is 94.5 Å². The van der Waals surface area contributed by atoms with Crippen LogP contribution in [0.5, 0.6) is 11.5 Å². The van der Waals surface area contributed by atoms with Crippen LogP contribution in [0.3, 0.4) is 0 Å². The van der Waals surface area contributed by atoms with Crippen LogP contribution in [0, 0.1) is 0 Å². The van der Waals surface area contributed by atoms with Gasteiger partial charge >= 0.3 is 0 Å². The summed E-state index contributed by atoms with van der Waals surface area (Å²) in [4.78, 5) is 11.5. The molecule has 1 amide bonds. The number of benzene rings is 3. The Morgan fingerprint density at radius 3 is 2.37 bits per heavy atom. The molecule has 0 radical (unpaired) electrons. The average molecular weight is 382 g/mol. The number of carbonyl (C=O) groups is 1. The van der Waals surface area contributed by atoms with Crippen molar-refractivity contribution in [2.45, 2.75) is 13.0 Å². The zero-order valence-corrected chi connectivity index (χ0v) is 15.5. The Hall–Kier alpha value is -2.98. The van der Waals surface area contributed by atoms with Gasteiger partial charge in [-0.05, 0) is 41.5 Å². The summed E-state index contributed by atoms with van der Waals surface area (Å²) in [6.45, 7) is 0.825. The predicted molar refractivity (Wildman–Crippen MR) is 106 cm³/mol. The standard InChI is InChI=1S/C22H20ClNO3/c23-19-8-4-7-16(13-19)11-12-26-21-14-18(22(24)25)9-10-20(21)27-15-17-5-2-1-3-6-17/h1-10,13-14H,11-12,15H2,(H2,24,25). The SMILES string of the molecule is NC(=O)c1ccc(OCc2ccccc2)c(OCCc2cccc(Cl)c2)c1. The Bertz CT molecular complexity index is 912. The van der Waals surface area contributed by atoms with Gasteiger partial charge < -0.3 is 15.2 Å². The molecule has 4 nitrogen and oxygen atoms in total. The molecule has 2 N–H and O–H groups in total. The van der Waals surface area contributed by atoms with E-state index in [1.807, 2.05) is 54.6 Å². The molecule has 0 aliphatic heterocycles. The lowest BCUT2D eigenvalue weighted by molar-refractivity contribution is 0.0999. The molecule has 0 aliphatic carbocycles. The van der Waals surface area contributed by atoms with Crippen molar-refractivity contribution >= 4 is 17.5 Å². The molecule has 0 aliphatic rings. The van der Waals surface area contributed by atoms with Gasteiger partial charge in [0.05, 0.1) is 6.61 Å². The molecule has 138 valence electrons. The normalized spacial score (nSPS) is 10.4. The van der Waals surface area contributed by atoms with Gasteiger partial charge in [-0.15, -0.1) is 0 Å². The van der Waals surface area contributed by atoms with E-state index in [1.165, 1.54) is 0 Å². The molecule has 0 bridgehead atoms. The van der Waals surface area contributed by atoms with Gasteiger partial charge in [0.15, 0.2) is 11.5 Å². The third-order valence-corrected chi connectivity index (χ3v) is 4.24. The number of halogens is 1. The number of amides is 1. The first-order chi connectivity index (χ1) is 13.1. The molecule has 3 aromatic carbocycles. The molecular weight excluding hydrogens is 362 g/mol. The molecule has 0 heterocycles. The third kappa shape index (κ3) is 5.50. The molecule has 0 atom stereocenters. The lowest BCUT2D eigenvalue weighted by Gasteiger charge is -2.14. The van der Waals surface area contributed by atoms with Crippen molar-refractivity contribution in [1.29, 1.82) is 0 Å². The van der Waals surface area contributed by atoms with E-state index in [-0.39, 0.29) is 0 Å². The van der Waals surface area contributed by atoms with Crippen molar-refractivity contribution in [2.24, 2.45) is 5.73 Å². The zero-order chi connectivity index (χ0) is 19.1. The van der Waals surface area contributed by atoms with Crippen LogP contribution >= 0.6 is 11.6 Å². The highest BCUT2D eigenvalue weighted by atomic mass is 35.5. The van der Waals surface area contributed by atoms with Gasteiger partial charge in [0.25, 0.3) is 0 Å². The van der Waals surface area contributed by atoms with Crippen molar-refractivity contribution in [3.8, 4) is 11.5 Å². The number of ether oxygens (including phenoxy) is 2. The second-order valence-electron chi connectivity index (χ2n) is 6.03. The lowest BCUT2D eigenvalue weighted by atomic mass is 10.1. The Morgan fingerprint density at radius 1 is 0.852 bits per heavy atom. The molecule has 0 aromatic heterocycles. The van der Waals surface area contributed by atoms with Gasteiger partial charge in [0, 0.05) is 17.0 Å². The maximum Gasteiger partial charge on any atom is 0.248 e. The van der Waals surface area contributed by atoms with E-state index in [0.717, 1.165) is 11.1 Å². The number of hydrogen-bond acceptors (Lipinski definition) is 3. The zero-order valence-electron chi connectivity index (χ0n) is 14.7. The molecule has 0 saturated carbocycles. The van der Waals surface area contributed by atoms with Crippen molar-refractivity contribution < 1.29 is 14.3 Å². The number of carbonyl (C=O) groups excluding carboxylic acids is 1. The van der Waals surface area contributed by atoms with Crippen molar-refractivity contribution in [3.63, 3.8) is 0 Å². The summed E-state index contributed by atoms with van der Waals surface area (Å²) in [6.07, 6.45) is 0.680. The second-order valence-corrected chi connectivity index (χ2v) is 6.46. The summed E-state index contributed by atoms with van der Waals surface area (Å²) in [5.41, 5.74) is 7.87. The Morgan fingerprint density at radius 2 is 1.63 bits per heavy atom. The van der Waals surface area contributed by atoms with Crippen LogP contribution in [0.15, 0.2) is 72.8 Å². The van der Waals surface area contributed by atoms with Gasteiger partial charge in [0.1, 0.15) is 6.61 Å². The molecule has 5 heteroatoms. The third-order valence-electron chi connectivity index (χ3n) is 4.00. The minimum Gasteiger partial charge on any atom is -0.489 e. The maximum absolute atomic E-state index is 11.5. The predicted octanol–water partition coefficient (Wildman–Crippen LogP) is 4.64. The highest BCUT2D eigenvalue weighted by Gasteiger charge is 2.10. The summed E-state index contributed by atoms with van der Waals surface area (Å²) in [5.74, 6) is 0.545. The monoisotopic (exact) mass is 381 g/mol. The fourth-order valence-electron chi connectivity index (χ4n) is 2.60. The number of rotatable bonds is 8. The first-order valence-electron chi connectivity index (χ1n) is 8.59. The first kappa shape index (κ1) is 18.8. The van der Waals surface area contributed by atoms with Crippen LogP contribution in [-0.4, -0.2) is 12.5 Å². The van der Waals surface area contributed by atoms with Crippen LogP contribution in [-0.2, 0) is 13.0 Å². The molecule has 3 aromatic rings. The molecule has 0 fully saturated rings. The largest absolute Gasteiger partial charge is 0.489 e. The van der Waals surface area contributed by atoms with Gasteiger partial charge in [-0.25, -0.2) is 0 Å². The number of nitrogens with two attached hydrogens (primary N) is 1. The van der Waals surface area contributed by atoms with Crippen LogP contribution in [0.25, 0.3) is 0 Å². The first-order valence-corrected chi connectivity index (χ1v) is 8.97. The van der Waals surface area contributed by atoms with Crippen molar-refractivity contribution in [1.82, 2.24) is 0 Å². The van der Waals surface area contributed by atoms with Gasteiger partial charge in [-0.1, -0.05) is 54.1 Å². The highest BCUT2D eigenvalue weighted by molar-refractivity contribution is 6.30. The molecular formula is C22H20ClNO3. The number of hydrogen-bond donors (Lipinski definition) is 1. The summed E-state index contributed by atoms with van der Waals surface area (Å²) >= 11 is 6.01. The second kappa shape index (κ2) is 9.10. The quantitative estimate of drug-likeness (QED) is 0.618. The summed E-state index contributed by atoms with van der Waals surface area (Å²) in [7, 11) is 0. The molecule has 0 spiro atoms. The fraction of sp³-hybridized carbons (Fsp3) is 0.136. The van der Waals surface area contributed by atoms with Gasteiger partial charge in [0.2, 0.25) is 5.91 Å². The van der Waals surface area contributed by atoms with Crippen LogP contribution < -0.4 is 15.2 Å². The average Bonchev–Trinajstić information content (AvgIpc) is 2.67. The molecule has 3 rings (SSSR count). The van der Waals surface area contributed by atoms with Gasteiger partial charge in [-0.3, -0.25) is 4.79 Å². The van der Waals surface area contributed by atoms with E-state index in [4.69, 9.17) is 26.8 Å². The van der Waals surface area contributed by atoms with E-state index < -0.39 is 5.91 Å².